The van der Waals surface area contributed by atoms with Crippen LogP contribution in [0.2, 0.25) is 0 Å². The van der Waals surface area contributed by atoms with Gasteiger partial charge in [-0.3, -0.25) is 11.3 Å². The van der Waals surface area contributed by atoms with Crippen molar-refractivity contribution in [1.82, 2.24) is 5.43 Å². The molecule has 0 bridgehead atoms. The number of hydrogen-bond donors (Lipinski definition) is 2. The van der Waals surface area contributed by atoms with Crippen molar-refractivity contribution >= 4 is 0 Å². The zero-order valence-electron chi connectivity index (χ0n) is 14.7. The fraction of sp³-hybridized carbons (Fsp3) is 0.700. The third kappa shape index (κ3) is 7.42. The van der Waals surface area contributed by atoms with Crippen molar-refractivity contribution in [3.8, 4) is 0 Å². The summed E-state index contributed by atoms with van der Waals surface area (Å²) in [7, 11) is 0. The first-order valence-electron chi connectivity index (χ1n) is 9.26. The van der Waals surface area contributed by atoms with E-state index >= 15 is 0 Å². The minimum Gasteiger partial charge on any atom is -0.271 e. The van der Waals surface area contributed by atoms with Crippen molar-refractivity contribution in [2.45, 2.75) is 90.0 Å². The van der Waals surface area contributed by atoms with Gasteiger partial charge < -0.3 is 0 Å². The van der Waals surface area contributed by atoms with Crippen LogP contribution in [0.4, 0.5) is 0 Å². The molecule has 1 aromatic carbocycles. The monoisotopic (exact) mass is 304 g/mol. The molecule has 22 heavy (non-hydrogen) atoms. The van der Waals surface area contributed by atoms with Crippen molar-refractivity contribution in [3.63, 3.8) is 0 Å². The Balaban J connectivity index is 2.10. The van der Waals surface area contributed by atoms with E-state index in [-0.39, 0.29) is 5.54 Å². The van der Waals surface area contributed by atoms with Crippen LogP contribution in [0.25, 0.3) is 0 Å². The molecule has 0 heterocycles. The smallest absolute Gasteiger partial charge is 0.0541 e. The maximum Gasteiger partial charge on any atom is 0.0541 e. The molecule has 0 aromatic heterocycles. The summed E-state index contributed by atoms with van der Waals surface area (Å²) in [6, 6.07) is 10.6. The first-order valence-corrected chi connectivity index (χ1v) is 9.26. The van der Waals surface area contributed by atoms with Gasteiger partial charge in [0.25, 0.3) is 0 Å². The summed E-state index contributed by atoms with van der Waals surface area (Å²) >= 11 is 0. The summed E-state index contributed by atoms with van der Waals surface area (Å²) in [4.78, 5) is 0. The Morgan fingerprint density at radius 2 is 1.32 bits per heavy atom. The lowest BCUT2D eigenvalue weighted by atomic mass is 9.87. The largest absolute Gasteiger partial charge is 0.271 e. The van der Waals surface area contributed by atoms with Crippen LogP contribution in [0.15, 0.2) is 30.3 Å². The lowest BCUT2D eigenvalue weighted by Gasteiger charge is -2.29. The molecule has 2 heteroatoms. The number of nitrogens with one attached hydrogen (secondary N) is 1. The molecule has 0 aliphatic carbocycles. The van der Waals surface area contributed by atoms with Crippen LogP contribution >= 0.6 is 0 Å². The van der Waals surface area contributed by atoms with Gasteiger partial charge in [0.05, 0.1) is 5.54 Å². The summed E-state index contributed by atoms with van der Waals surface area (Å²) in [5, 5.41) is 0. The predicted octanol–water partition coefficient (Wildman–Crippen LogP) is 5.68. The van der Waals surface area contributed by atoms with E-state index in [9.17, 15) is 0 Å². The number of unbranched alkanes of at least 4 members (excludes halogenated alkanes) is 9. The fourth-order valence-corrected chi connectivity index (χ4v) is 3.07. The quantitative estimate of drug-likeness (QED) is 0.280. The van der Waals surface area contributed by atoms with Gasteiger partial charge in [-0.15, -0.1) is 0 Å². The molecule has 0 radical (unpaired) electrons. The molecular formula is C20H36N2. The summed E-state index contributed by atoms with van der Waals surface area (Å²) < 4.78 is 0. The van der Waals surface area contributed by atoms with Crippen LogP contribution in [0.1, 0.15) is 90.0 Å². The van der Waals surface area contributed by atoms with E-state index in [1.54, 1.807) is 0 Å². The maximum absolute atomic E-state index is 5.81. The molecule has 0 amide bonds. The van der Waals surface area contributed by atoms with Crippen molar-refractivity contribution < 1.29 is 0 Å². The van der Waals surface area contributed by atoms with Crippen LogP contribution in [0, 0.1) is 0 Å². The van der Waals surface area contributed by atoms with Crippen molar-refractivity contribution in [1.29, 1.82) is 0 Å². The van der Waals surface area contributed by atoms with Gasteiger partial charge in [0.1, 0.15) is 0 Å². The van der Waals surface area contributed by atoms with Gasteiger partial charge in [-0.05, 0) is 18.9 Å². The Labute approximate surface area is 137 Å². The Morgan fingerprint density at radius 1 is 0.818 bits per heavy atom. The minimum absolute atomic E-state index is 0.0958. The van der Waals surface area contributed by atoms with E-state index in [0.717, 1.165) is 6.42 Å². The van der Waals surface area contributed by atoms with Crippen LogP contribution in [-0.4, -0.2) is 0 Å². The number of hydrogen-bond acceptors (Lipinski definition) is 2. The molecule has 0 aliphatic rings. The minimum atomic E-state index is -0.0958. The van der Waals surface area contributed by atoms with Gasteiger partial charge in [-0.2, -0.15) is 0 Å². The third-order valence-corrected chi connectivity index (χ3v) is 4.76. The maximum atomic E-state index is 5.81. The molecular weight excluding hydrogens is 268 g/mol. The second kappa shape index (κ2) is 11.7. The van der Waals surface area contributed by atoms with Crippen LogP contribution in [0.3, 0.4) is 0 Å². The number of nitrogens with two attached hydrogens (primary N) is 1. The lowest BCUT2D eigenvalue weighted by molar-refractivity contribution is 0.331. The summed E-state index contributed by atoms with van der Waals surface area (Å²) in [6.07, 6.45) is 14.9. The fourth-order valence-electron chi connectivity index (χ4n) is 3.07. The van der Waals surface area contributed by atoms with E-state index in [0.29, 0.717) is 0 Å². The third-order valence-electron chi connectivity index (χ3n) is 4.76. The molecule has 1 rings (SSSR count). The molecule has 3 N–H and O–H groups in total. The zero-order chi connectivity index (χ0) is 16.1. The normalized spacial score (nSPS) is 14.0. The van der Waals surface area contributed by atoms with Gasteiger partial charge >= 0.3 is 0 Å². The van der Waals surface area contributed by atoms with Crippen LogP contribution in [-0.2, 0) is 5.54 Å². The van der Waals surface area contributed by atoms with Gasteiger partial charge in [-0.1, -0.05) is 101 Å². The molecule has 0 spiro atoms. The average Bonchev–Trinajstić information content (AvgIpc) is 2.57. The zero-order valence-corrected chi connectivity index (χ0v) is 14.7. The second-order valence-corrected chi connectivity index (χ2v) is 6.77. The summed E-state index contributed by atoms with van der Waals surface area (Å²) in [6.45, 7) is 4.48. The molecule has 0 saturated heterocycles. The SMILES string of the molecule is CCCCCCCCCCCCC(C)(NN)c1ccccc1. The molecule has 0 fully saturated rings. The topological polar surface area (TPSA) is 38.0 Å². The predicted molar refractivity (Wildman–Crippen MR) is 97.6 cm³/mol. The molecule has 0 saturated carbocycles. The number of hydrazine groups is 1. The molecule has 126 valence electrons. The molecule has 1 atom stereocenters. The average molecular weight is 305 g/mol. The molecule has 1 unspecified atom stereocenters. The van der Waals surface area contributed by atoms with Crippen molar-refractivity contribution in [3.05, 3.63) is 35.9 Å². The highest BCUT2D eigenvalue weighted by molar-refractivity contribution is 5.23. The van der Waals surface area contributed by atoms with E-state index in [4.69, 9.17) is 5.84 Å². The van der Waals surface area contributed by atoms with Gasteiger partial charge in [-0.25, -0.2) is 0 Å². The first-order chi connectivity index (χ1) is 10.7. The Bertz CT molecular complexity index is 363. The van der Waals surface area contributed by atoms with Crippen LogP contribution < -0.4 is 11.3 Å². The number of rotatable bonds is 13. The first kappa shape index (κ1) is 19.2. The van der Waals surface area contributed by atoms with Gasteiger partial charge in [0.2, 0.25) is 0 Å². The highest BCUT2D eigenvalue weighted by atomic mass is 15.3. The van der Waals surface area contributed by atoms with Crippen molar-refractivity contribution in [2.24, 2.45) is 5.84 Å². The van der Waals surface area contributed by atoms with Gasteiger partial charge in [0, 0.05) is 0 Å². The van der Waals surface area contributed by atoms with E-state index in [1.165, 1.54) is 69.8 Å². The molecule has 2 nitrogen and oxygen atoms in total. The van der Waals surface area contributed by atoms with E-state index < -0.39 is 0 Å². The summed E-state index contributed by atoms with van der Waals surface area (Å²) in [5.41, 5.74) is 4.22. The Hall–Kier alpha value is -0.860. The second-order valence-electron chi connectivity index (χ2n) is 6.77. The number of benzene rings is 1. The highest BCUT2D eigenvalue weighted by Crippen LogP contribution is 2.26. The molecule has 0 aliphatic heterocycles. The van der Waals surface area contributed by atoms with E-state index in [2.05, 4.69) is 49.6 Å². The van der Waals surface area contributed by atoms with Crippen molar-refractivity contribution in [2.75, 3.05) is 0 Å². The van der Waals surface area contributed by atoms with Crippen LogP contribution in [0.5, 0.6) is 0 Å². The van der Waals surface area contributed by atoms with E-state index in [1.807, 2.05) is 0 Å². The highest BCUT2D eigenvalue weighted by Gasteiger charge is 2.23. The Morgan fingerprint density at radius 3 is 1.82 bits per heavy atom. The Kier molecular flexibility index (Phi) is 10.2. The molecule has 1 aromatic rings. The standard InChI is InChI=1S/C20H36N2/c1-3-4-5-6-7-8-9-10-11-15-18-20(2,22-21)19-16-13-12-14-17-19/h12-14,16-17,22H,3-11,15,18,21H2,1-2H3. The van der Waals surface area contributed by atoms with Gasteiger partial charge in [0.15, 0.2) is 0 Å². The lowest BCUT2D eigenvalue weighted by Crippen LogP contribution is -2.44. The summed E-state index contributed by atoms with van der Waals surface area (Å²) in [5.74, 6) is 5.81.